The van der Waals surface area contributed by atoms with Gasteiger partial charge in [0.2, 0.25) is 7.59 Å². The zero-order chi connectivity index (χ0) is 32.1. The van der Waals surface area contributed by atoms with E-state index in [9.17, 15) is 19.3 Å². The summed E-state index contributed by atoms with van der Waals surface area (Å²) in [4.78, 5) is 24.6. The number of alkyl halides is 6. The third-order valence-corrected chi connectivity index (χ3v) is 8.27. The molecule has 0 radical (unpaired) electrons. The SMILES string of the molecule is O=C(N[C@@H](Cc1ccc(OP(=O)(OCC(Cl)(Cl)Cl)OCC(Cl)(Cl)Cl)cc1)C(=O)O)OCC1c2ccccc2-c2ccccc21. The minimum Gasteiger partial charge on any atom is -0.480 e. The number of fused-ring (bicyclic) bond motifs is 3. The van der Waals surface area contributed by atoms with Crippen LogP contribution in [-0.4, -0.2) is 50.6 Å². The van der Waals surface area contributed by atoms with Crippen LogP contribution in [0.4, 0.5) is 4.79 Å². The number of carboxylic acid groups (broad SMARTS) is 1. The van der Waals surface area contributed by atoms with Gasteiger partial charge in [0.1, 0.15) is 31.6 Å². The first-order valence-electron chi connectivity index (χ1n) is 12.8. The van der Waals surface area contributed by atoms with Gasteiger partial charge >= 0.3 is 19.9 Å². The molecular formula is C28H24Cl6NO8P. The maximum Gasteiger partial charge on any atom is 0.530 e. The van der Waals surface area contributed by atoms with Crippen LogP contribution >= 0.6 is 77.4 Å². The molecule has 4 rings (SSSR count). The van der Waals surface area contributed by atoms with Crippen molar-refractivity contribution in [3.8, 4) is 16.9 Å². The highest BCUT2D eigenvalue weighted by Gasteiger charge is 2.37. The summed E-state index contributed by atoms with van der Waals surface area (Å²) in [6.07, 6.45) is -0.984. The van der Waals surface area contributed by atoms with E-state index in [0.29, 0.717) is 5.56 Å². The number of carbonyl (C=O) groups is 2. The van der Waals surface area contributed by atoms with Crippen LogP contribution < -0.4 is 9.84 Å². The van der Waals surface area contributed by atoms with Crippen LogP contribution in [-0.2, 0) is 29.6 Å². The predicted molar refractivity (Wildman–Crippen MR) is 170 cm³/mol. The number of ether oxygens (including phenoxy) is 1. The van der Waals surface area contributed by atoms with Gasteiger partial charge in [-0.3, -0.25) is 9.05 Å². The Hall–Kier alpha value is -1.91. The molecule has 0 aliphatic heterocycles. The summed E-state index contributed by atoms with van der Waals surface area (Å²) >= 11 is 34.0. The van der Waals surface area contributed by atoms with Crippen molar-refractivity contribution < 1.29 is 37.6 Å². The normalized spacial score (nSPS) is 14.0. The summed E-state index contributed by atoms with van der Waals surface area (Å²) in [5, 5.41) is 12.2. The minimum absolute atomic E-state index is 0.0120. The Morgan fingerprint density at radius 3 is 1.80 bits per heavy atom. The molecule has 236 valence electrons. The standard InChI is InChI=1S/C28H24Cl6NO8P/c29-27(30,31)15-41-44(39,42-16-28(32,33)34)43-18-11-9-17(10-12-18)13-24(25(36)37)35-26(38)40-14-23-21-7-3-1-5-19(21)20-6-2-4-8-22(20)23/h1-12,23-24H,13-16H2,(H,35,38)(H,36,37)/t24-/m0/s1. The van der Waals surface area contributed by atoms with E-state index >= 15 is 0 Å². The monoisotopic (exact) mass is 743 g/mol. The number of benzene rings is 3. The number of phosphoric acid groups is 1. The molecule has 44 heavy (non-hydrogen) atoms. The Balaban J connectivity index is 1.37. The maximum atomic E-state index is 13.1. The molecule has 0 saturated carbocycles. The predicted octanol–water partition coefficient (Wildman–Crippen LogP) is 8.48. The molecule has 1 aliphatic carbocycles. The van der Waals surface area contributed by atoms with E-state index in [1.807, 2.05) is 48.5 Å². The number of carboxylic acids is 1. The van der Waals surface area contributed by atoms with Crippen LogP contribution in [0.3, 0.4) is 0 Å². The first kappa shape index (κ1) is 35.0. The number of amides is 1. The van der Waals surface area contributed by atoms with Gasteiger partial charge < -0.3 is 19.7 Å². The number of rotatable bonds is 12. The molecule has 3 aromatic carbocycles. The molecule has 1 aliphatic rings. The summed E-state index contributed by atoms with van der Waals surface area (Å²) in [5.41, 5.74) is 4.68. The molecular weight excluding hydrogens is 722 g/mol. The molecule has 0 aromatic heterocycles. The highest BCUT2D eigenvalue weighted by molar-refractivity contribution is 7.49. The lowest BCUT2D eigenvalue weighted by Gasteiger charge is -2.22. The van der Waals surface area contributed by atoms with E-state index in [-0.39, 0.29) is 24.7 Å². The number of aliphatic carboxylic acids is 1. The van der Waals surface area contributed by atoms with Crippen LogP contribution in [0.2, 0.25) is 0 Å². The molecule has 1 amide bonds. The van der Waals surface area contributed by atoms with E-state index in [4.69, 9.17) is 87.9 Å². The maximum absolute atomic E-state index is 13.1. The van der Waals surface area contributed by atoms with E-state index in [1.54, 1.807) is 0 Å². The smallest absolute Gasteiger partial charge is 0.480 e. The fourth-order valence-corrected chi connectivity index (χ4v) is 6.48. The molecule has 0 bridgehead atoms. The second-order valence-corrected chi connectivity index (χ2v) is 16.2. The number of halogens is 6. The Kier molecular flexibility index (Phi) is 11.7. The zero-order valence-corrected chi connectivity index (χ0v) is 27.9. The number of phosphoric ester groups is 1. The topological polar surface area (TPSA) is 120 Å². The van der Waals surface area contributed by atoms with E-state index in [0.717, 1.165) is 22.3 Å². The lowest BCUT2D eigenvalue weighted by atomic mass is 9.98. The lowest BCUT2D eigenvalue weighted by molar-refractivity contribution is -0.139. The largest absolute Gasteiger partial charge is 0.530 e. The third-order valence-electron chi connectivity index (χ3n) is 6.29. The molecule has 0 unspecified atom stereocenters. The van der Waals surface area contributed by atoms with Gasteiger partial charge in [0.15, 0.2) is 0 Å². The molecule has 9 nitrogen and oxygen atoms in total. The highest BCUT2D eigenvalue weighted by atomic mass is 35.6. The third kappa shape index (κ3) is 10.0. The number of carbonyl (C=O) groups excluding carboxylic acids is 1. The first-order valence-corrected chi connectivity index (χ1v) is 16.5. The van der Waals surface area contributed by atoms with Crippen molar-refractivity contribution in [2.75, 3.05) is 19.8 Å². The zero-order valence-electron chi connectivity index (χ0n) is 22.4. The minimum atomic E-state index is -4.44. The molecule has 3 aromatic rings. The molecule has 16 heteroatoms. The molecule has 0 saturated heterocycles. The number of nitrogens with one attached hydrogen (secondary N) is 1. The number of alkyl carbamates (subject to hydrolysis) is 1. The van der Waals surface area contributed by atoms with E-state index in [1.165, 1.54) is 24.3 Å². The molecule has 0 fully saturated rings. The fraction of sp³-hybridized carbons (Fsp3) is 0.286. The average molecular weight is 746 g/mol. The van der Waals surface area contributed by atoms with Gasteiger partial charge in [-0.1, -0.05) is 130 Å². The summed E-state index contributed by atoms with van der Waals surface area (Å²) in [5.74, 6) is -1.47. The van der Waals surface area contributed by atoms with Crippen LogP contribution in [0.5, 0.6) is 5.75 Å². The quantitative estimate of drug-likeness (QED) is 0.140. The van der Waals surface area contributed by atoms with Crippen molar-refractivity contribution in [3.63, 3.8) is 0 Å². The Morgan fingerprint density at radius 1 is 0.818 bits per heavy atom. The van der Waals surface area contributed by atoms with Gasteiger partial charge in [0.25, 0.3) is 0 Å². The molecule has 2 N–H and O–H groups in total. The van der Waals surface area contributed by atoms with Gasteiger partial charge in [-0.05, 0) is 39.9 Å². The van der Waals surface area contributed by atoms with Crippen molar-refractivity contribution in [2.24, 2.45) is 0 Å². The Labute approximate surface area is 283 Å². The van der Waals surface area contributed by atoms with Crippen LogP contribution in [0.15, 0.2) is 72.8 Å². The van der Waals surface area contributed by atoms with Crippen LogP contribution in [0.1, 0.15) is 22.6 Å². The van der Waals surface area contributed by atoms with Gasteiger partial charge in [0, 0.05) is 12.3 Å². The van der Waals surface area contributed by atoms with Gasteiger partial charge in [0.05, 0.1) is 0 Å². The number of hydrogen-bond acceptors (Lipinski definition) is 7. The van der Waals surface area contributed by atoms with Gasteiger partial charge in [-0.25, -0.2) is 14.2 Å². The van der Waals surface area contributed by atoms with Crippen molar-refractivity contribution in [3.05, 3.63) is 89.5 Å². The van der Waals surface area contributed by atoms with Crippen molar-refractivity contribution >= 4 is 89.5 Å². The second kappa shape index (κ2) is 14.7. The van der Waals surface area contributed by atoms with Crippen LogP contribution in [0, 0.1) is 0 Å². The van der Waals surface area contributed by atoms with Crippen molar-refractivity contribution in [2.45, 2.75) is 26.0 Å². The highest BCUT2D eigenvalue weighted by Crippen LogP contribution is 2.52. The molecule has 1 atom stereocenters. The summed E-state index contributed by atoms with van der Waals surface area (Å²) < 4.78 is 30.1. The lowest BCUT2D eigenvalue weighted by Crippen LogP contribution is -2.42. The second-order valence-electron chi connectivity index (χ2n) is 9.52. The fourth-order valence-electron chi connectivity index (χ4n) is 4.43. The van der Waals surface area contributed by atoms with Crippen LogP contribution in [0.25, 0.3) is 11.1 Å². The average Bonchev–Trinajstić information content (AvgIpc) is 3.27. The van der Waals surface area contributed by atoms with Crippen molar-refractivity contribution in [1.29, 1.82) is 0 Å². The van der Waals surface area contributed by atoms with Gasteiger partial charge in [-0.2, -0.15) is 0 Å². The van der Waals surface area contributed by atoms with Crippen molar-refractivity contribution in [1.82, 2.24) is 5.32 Å². The molecule has 0 heterocycles. The van der Waals surface area contributed by atoms with Gasteiger partial charge in [-0.15, -0.1) is 0 Å². The summed E-state index contributed by atoms with van der Waals surface area (Å²) in [7, 11) is -4.44. The Bertz CT molecular complexity index is 1460. The van der Waals surface area contributed by atoms with E-state index < -0.39 is 46.7 Å². The first-order chi connectivity index (χ1) is 20.6. The summed E-state index contributed by atoms with van der Waals surface area (Å²) in [6.45, 7) is -1.32. The Morgan fingerprint density at radius 2 is 1.32 bits per heavy atom. The molecule has 0 spiro atoms. The van der Waals surface area contributed by atoms with E-state index in [2.05, 4.69) is 5.32 Å². The number of hydrogen-bond donors (Lipinski definition) is 2. The summed E-state index contributed by atoms with van der Waals surface area (Å²) in [6, 6.07) is 20.1.